The summed E-state index contributed by atoms with van der Waals surface area (Å²) in [5.74, 6) is 1.22. The van der Waals surface area contributed by atoms with E-state index < -0.39 is 0 Å². The summed E-state index contributed by atoms with van der Waals surface area (Å²) in [6.07, 6.45) is 10.8. The summed E-state index contributed by atoms with van der Waals surface area (Å²) in [4.78, 5) is 16.6. The first-order chi connectivity index (χ1) is 12.7. The topological polar surface area (TPSA) is 65.5 Å². The van der Waals surface area contributed by atoms with E-state index in [0.717, 1.165) is 30.1 Å². The number of rotatable bonds is 5. The van der Waals surface area contributed by atoms with Crippen LogP contribution in [-0.4, -0.2) is 25.0 Å². The van der Waals surface area contributed by atoms with E-state index in [4.69, 9.17) is 0 Å². The van der Waals surface area contributed by atoms with E-state index in [2.05, 4.69) is 27.0 Å². The Morgan fingerprint density at radius 2 is 1.78 bits per heavy atom. The molecule has 0 aliphatic heterocycles. The lowest BCUT2D eigenvalue weighted by molar-refractivity contribution is -0.119. The molecular formula is C21H33IN4O. The van der Waals surface area contributed by atoms with E-state index in [-0.39, 0.29) is 35.8 Å². The molecule has 3 N–H and O–H groups in total. The second-order valence-electron chi connectivity index (χ2n) is 7.58. The molecule has 0 spiro atoms. The van der Waals surface area contributed by atoms with Gasteiger partial charge in [-0.25, -0.2) is 0 Å². The lowest BCUT2D eigenvalue weighted by Gasteiger charge is -2.25. The highest BCUT2D eigenvalue weighted by Crippen LogP contribution is 2.26. The SMILES string of the molecule is CN=C(NCc1cccc(NC(=O)C2CCCC2)c1)NC1CCCCC1.I. The lowest BCUT2D eigenvalue weighted by Crippen LogP contribution is -2.43. The molecule has 0 unspecified atom stereocenters. The van der Waals surface area contributed by atoms with Crippen LogP contribution in [0.1, 0.15) is 63.4 Å². The maximum absolute atomic E-state index is 12.3. The molecule has 2 aliphatic rings. The lowest BCUT2D eigenvalue weighted by atomic mass is 9.96. The van der Waals surface area contributed by atoms with Crippen molar-refractivity contribution in [1.82, 2.24) is 10.6 Å². The van der Waals surface area contributed by atoms with Crippen LogP contribution in [0, 0.1) is 5.92 Å². The number of carbonyl (C=O) groups is 1. The van der Waals surface area contributed by atoms with E-state index >= 15 is 0 Å². The molecule has 27 heavy (non-hydrogen) atoms. The van der Waals surface area contributed by atoms with Crippen molar-refractivity contribution >= 4 is 41.5 Å². The molecule has 1 aromatic carbocycles. The first-order valence-electron chi connectivity index (χ1n) is 10.1. The van der Waals surface area contributed by atoms with Crippen molar-refractivity contribution in [3.63, 3.8) is 0 Å². The number of carbonyl (C=O) groups excluding carboxylic acids is 1. The quantitative estimate of drug-likeness (QED) is 0.329. The standard InChI is InChI=1S/C21H32N4O.HI/c1-22-21(25-18-11-3-2-4-12-18)23-15-16-8-7-13-19(14-16)24-20(26)17-9-5-6-10-17;/h7-8,13-14,17-18H,2-6,9-12,15H2,1H3,(H,24,26)(H2,22,23,25);1H. The number of anilines is 1. The van der Waals surface area contributed by atoms with E-state index in [1.807, 2.05) is 25.2 Å². The fourth-order valence-electron chi connectivity index (χ4n) is 4.01. The van der Waals surface area contributed by atoms with Crippen molar-refractivity contribution in [2.24, 2.45) is 10.9 Å². The zero-order valence-corrected chi connectivity index (χ0v) is 18.6. The number of nitrogens with one attached hydrogen (secondary N) is 3. The highest BCUT2D eigenvalue weighted by molar-refractivity contribution is 14.0. The summed E-state index contributed by atoms with van der Waals surface area (Å²) in [7, 11) is 1.82. The van der Waals surface area contributed by atoms with Crippen LogP contribution >= 0.6 is 24.0 Å². The number of benzene rings is 1. The van der Waals surface area contributed by atoms with E-state index in [9.17, 15) is 4.79 Å². The van der Waals surface area contributed by atoms with Crippen molar-refractivity contribution < 1.29 is 4.79 Å². The summed E-state index contributed by atoms with van der Waals surface area (Å²) in [5.41, 5.74) is 2.03. The van der Waals surface area contributed by atoms with Crippen LogP contribution in [0.25, 0.3) is 0 Å². The van der Waals surface area contributed by atoms with E-state index in [1.165, 1.54) is 44.9 Å². The van der Waals surface area contributed by atoms with Crippen molar-refractivity contribution in [2.75, 3.05) is 12.4 Å². The van der Waals surface area contributed by atoms with Crippen LogP contribution in [0.4, 0.5) is 5.69 Å². The van der Waals surface area contributed by atoms with Gasteiger partial charge in [0, 0.05) is 31.2 Å². The zero-order valence-electron chi connectivity index (χ0n) is 16.3. The Morgan fingerprint density at radius 1 is 1.07 bits per heavy atom. The molecule has 1 amide bonds. The van der Waals surface area contributed by atoms with Crippen molar-refractivity contribution in [1.29, 1.82) is 0 Å². The first kappa shape index (κ1) is 22.0. The summed E-state index contributed by atoms with van der Waals surface area (Å²) in [6.45, 7) is 0.694. The Labute approximate surface area is 180 Å². The predicted molar refractivity (Wildman–Crippen MR) is 123 cm³/mol. The Balaban J connectivity index is 0.00000261. The molecule has 0 heterocycles. The number of nitrogens with zero attached hydrogens (tertiary/aromatic N) is 1. The Morgan fingerprint density at radius 3 is 2.48 bits per heavy atom. The minimum absolute atomic E-state index is 0. The van der Waals surface area contributed by atoms with Gasteiger partial charge in [-0.3, -0.25) is 9.79 Å². The largest absolute Gasteiger partial charge is 0.354 e. The molecule has 0 bridgehead atoms. The van der Waals surface area contributed by atoms with Crippen LogP contribution in [0.5, 0.6) is 0 Å². The molecule has 3 rings (SSSR count). The molecule has 0 atom stereocenters. The summed E-state index contributed by atoms with van der Waals surface area (Å²) in [5, 5.41) is 10.0. The summed E-state index contributed by atoms with van der Waals surface area (Å²) < 4.78 is 0. The minimum Gasteiger partial charge on any atom is -0.354 e. The van der Waals surface area contributed by atoms with Gasteiger partial charge >= 0.3 is 0 Å². The van der Waals surface area contributed by atoms with Gasteiger partial charge in [-0.2, -0.15) is 0 Å². The number of guanidine groups is 1. The highest BCUT2D eigenvalue weighted by Gasteiger charge is 2.22. The normalized spacial score (nSPS) is 18.6. The van der Waals surface area contributed by atoms with Gasteiger partial charge in [0.25, 0.3) is 0 Å². The molecule has 0 radical (unpaired) electrons. The van der Waals surface area contributed by atoms with Gasteiger partial charge in [0.2, 0.25) is 5.91 Å². The van der Waals surface area contributed by atoms with Gasteiger partial charge in [0.15, 0.2) is 5.96 Å². The molecule has 2 fully saturated rings. The third-order valence-electron chi connectivity index (χ3n) is 5.55. The van der Waals surface area contributed by atoms with Crippen molar-refractivity contribution in [3.05, 3.63) is 29.8 Å². The fourth-order valence-corrected chi connectivity index (χ4v) is 4.01. The Kier molecular flexibility index (Phi) is 9.38. The molecule has 0 aromatic heterocycles. The van der Waals surface area contributed by atoms with Gasteiger partial charge in [-0.1, -0.05) is 44.2 Å². The predicted octanol–water partition coefficient (Wildman–Crippen LogP) is 4.43. The first-order valence-corrected chi connectivity index (χ1v) is 10.1. The van der Waals surface area contributed by atoms with Crippen molar-refractivity contribution in [2.45, 2.75) is 70.4 Å². The maximum Gasteiger partial charge on any atom is 0.227 e. The number of amides is 1. The maximum atomic E-state index is 12.3. The van der Waals surface area contributed by atoms with Gasteiger partial charge in [-0.05, 0) is 43.4 Å². The summed E-state index contributed by atoms with van der Waals surface area (Å²) in [6, 6.07) is 8.62. The van der Waals surface area contributed by atoms with Gasteiger partial charge < -0.3 is 16.0 Å². The zero-order chi connectivity index (χ0) is 18.2. The van der Waals surface area contributed by atoms with Crippen LogP contribution in [0.3, 0.4) is 0 Å². The molecule has 6 heteroatoms. The Hall–Kier alpha value is -1.31. The molecule has 5 nitrogen and oxygen atoms in total. The fraction of sp³-hybridized carbons (Fsp3) is 0.619. The smallest absolute Gasteiger partial charge is 0.227 e. The third-order valence-corrected chi connectivity index (χ3v) is 5.55. The third kappa shape index (κ3) is 6.97. The minimum atomic E-state index is 0. The monoisotopic (exact) mass is 484 g/mol. The molecule has 150 valence electrons. The van der Waals surface area contributed by atoms with Crippen LogP contribution in [0.15, 0.2) is 29.3 Å². The number of hydrogen-bond acceptors (Lipinski definition) is 2. The highest BCUT2D eigenvalue weighted by atomic mass is 127. The summed E-state index contributed by atoms with van der Waals surface area (Å²) >= 11 is 0. The Bertz CT molecular complexity index is 622. The second-order valence-corrected chi connectivity index (χ2v) is 7.58. The van der Waals surface area contributed by atoms with Crippen molar-refractivity contribution in [3.8, 4) is 0 Å². The van der Waals surface area contributed by atoms with Gasteiger partial charge in [0.05, 0.1) is 0 Å². The molecule has 1 aromatic rings. The number of hydrogen-bond donors (Lipinski definition) is 3. The van der Waals surface area contributed by atoms with Crippen LogP contribution in [-0.2, 0) is 11.3 Å². The molecule has 0 saturated heterocycles. The number of halogens is 1. The number of aliphatic imine (C=N–C) groups is 1. The average molecular weight is 484 g/mol. The van der Waals surface area contributed by atoms with Gasteiger partial charge in [-0.15, -0.1) is 24.0 Å². The van der Waals surface area contributed by atoms with E-state index in [0.29, 0.717) is 12.6 Å². The average Bonchev–Trinajstić information content (AvgIpc) is 3.21. The van der Waals surface area contributed by atoms with Crippen LogP contribution < -0.4 is 16.0 Å². The van der Waals surface area contributed by atoms with Crippen LogP contribution in [0.2, 0.25) is 0 Å². The van der Waals surface area contributed by atoms with Gasteiger partial charge in [0.1, 0.15) is 0 Å². The van der Waals surface area contributed by atoms with E-state index in [1.54, 1.807) is 0 Å². The molecule has 2 saturated carbocycles. The molecular weight excluding hydrogens is 451 g/mol. The second kappa shape index (κ2) is 11.5. The molecule has 2 aliphatic carbocycles.